The molecule has 190 valence electrons. The van der Waals surface area contributed by atoms with Gasteiger partial charge in [0.2, 0.25) is 11.8 Å². The minimum Gasteiger partial charge on any atom is -0.457 e. The Labute approximate surface area is 215 Å². The van der Waals surface area contributed by atoms with Crippen LogP contribution in [0.3, 0.4) is 0 Å². The van der Waals surface area contributed by atoms with E-state index in [1.807, 2.05) is 42.5 Å². The Kier molecular flexibility index (Phi) is 7.70. The summed E-state index contributed by atoms with van der Waals surface area (Å²) in [6, 6.07) is 17.4. The standard InChI is InChI=1S/C30H37N3O3/c1-5-6-18-33-27(34)26(21-29(2,3)4)31-28(35)30(33)16-19-32(20-17-30)22-23-12-14-25(15-13-23)36-24-10-8-7-9-11-24/h7-15,26H,16-22H2,1-4H3,(H,31,35)/t26-/m0/s1. The van der Waals surface area contributed by atoms with Crippen LogP contribution in [0, 0.1) is 17.3 Å². The zero-order chi connectivity index (χ0) is 25.8. The summed E-state index contributed by atoms with van der Waals surface area (Å²) < 4.78 is 5.90. The van der Waals surface area contributed by atoms with Crippen molar-refractivity contribution in [2.75, 3.05) is 19.6 Å². The molecule has 2 aliphatic rings. The highest BCUT2D eigenvalue weighted by atomic mass is 16.5. The Hall–Kier alpha value is -3.30. The third-order valence-corrected chi connectivity index (χ3v) is 7.03. The van der Waals surface area contributed by atoms with Gasteiger partial charge in [0.25, 0.3) is 0 Å². The molecule has 1 spiro atoms. The van der Waals surface area contributed by atoms with Crippen LogP contribution in [0.1, 0.15) is 52.5 Å². The molecule has 1 N–H and O–H groups in total. The van der Waals surface area contributed by atoms with Crippen molar-refractivity contribution >= 4 is 11.8 Å². The number of amides is 2. The average Bonchev–Trinajstić information content (AvgIpc) is 2.85. The Morgan fingerprint density at radius 1 is 1.00 bits per heavy atom. The lowest BCUT2D eigenvalue weighted by Crippen LogP contribution is -2.73. The van der Waals surface area contributed by atoms with Gasteiger partial charge >= 0.3 is 0 Å². The third-order valence-electron chi connectivity index (χ3n) is 7.03. The number of likely N-dealkylation sites (tertiary alicyclic amines) is 1. The van der Waals surface area contributed by atoms with E-state index in [0.29, 0.717) is 25.8 Å². The van der Waals surface area contributed by atoms with E-state index in [4.69, 9.17) is 4.74 Å². The minimum absolute atomic E-state index is 0.00488. The van der Waals surface area contributed by atoms with Crippen LogP contribution in [0.15, 0.2) is 54.6 Å². The van der Waals surface area contributed by atoms with Crippen LogP contribution >= 0.6 is 0 Å². The van der Waals surface area contributed by atoms with Crippen molar-refractivity contribution < 1.29 is 14.3 Å². The number of para-hydroxylation sites is 1. The van der Waals surface area contributed by atoms with Gasteiger partial charge in [0.15, 0.2) is 0 Å². The van der Waals surface area contributed by atoms with E-state index in [1.54, 1.807) is 11.8 Å². The molecule has 0 aliphatic carbocycles. The summed E-state index contributed by atoms with van der Waals surface area (Å²) in [6.45, 7) is 10.6. The van der Waals surface area contributed by atoms with E-state index in [-0.39, 0.29) is 17.2 Å². The number of ether oxygens (including phenoxy) is 1. The van der Waals surface area contributed by atoms with E-state index in [0.717, 1.165) is 31.1 Å². The lowest BCUT2D eigenvalue weighted by atomic mass is 9.79. The smallest absolute Gasteiger partial charge is 0.246 e. The molecule has 0 bridgehead atoms. The van der Waals surface area contributed by atoms with E-state index in [1.165, 1.54) is 5.56 Å². The van der Waals surface area contributed by atoms with Gasteiger partial charge in [0.1, 0.15) is 23.1 Å². The van der Waals surface area contributed by atoms with Crippen molar-refractivity contribution in [3.8, 4) is 23.3 Å². The number of hydrogen-bond acceptors (Lipinski definition) is 4. The quantitative estimate of drug-likeness (QED) is 0.605. The van der Waals surface area contributed by atoms with Gasteiger partial charge in [-0.15, -0.1) is 5.92 Å². The largest absolute Gasteiger partial charge is 0.457 e. The maximum atomic E-state index is 13.5. The SMILES string of the molecule is CC#CCN1C(=O)[C@H](CC(C)(C)C)NC(=O)C12CCN(Cc1ccc(Oc3ccccc3)cc1)CC2. The van der Waals surface area contributed by atoms with Crippen LogP contribution in [-0.2, 0) is 16.1 Å². The molecular weight excluding hydrogens is 450 g/mol. The van der Waals surface area contributed by atoms with Gasteiger partial charge in [-0.1, -0.05) is 57.0 Å². The first-order chi connectivity index (χ1) is 17.2. The summed E-state index contributed by atoms with van der Waals surface area (Å²) in [5.74, 6) is 7.53. The highest BCUT2D eigenvalue weighted by Gasteiger charge is 2.53. The highest BCUT2D eigenvalue weighted by Crippen LogP contribution is 2.35. The molecule has 2 saturated heterocycles. The number of piperidine rings is 1. The first-order valence-corrected chi connectivity index (χ1v) is 12.8. The predicted molar refractivity (Wildman–Crippen MR) is 141 cm³/mol. The molecule has 0 aromatic heterocycles. The van der Waals surface area contributed by atoms with Crippen molar-refractivity contribution in [3.63, 3.8) is 0 Å². The zero-order valence-corrected chi connectivity index (χ0v) is 21.8. The molecule has 6 heteroatoms. The van der Waals surface area contributed by atoms with Gasteiger partial charge in [-0.25, -0.2) is 0 Å². The Morgan fingerprint density at radius 2 is 1.64 bits per heavy atom. The zero-order valence-electron chi connectivity index (χ0n) is 21.8. The molecule has 1 atom stereocenters. The molecule has 6 nitrogen and oxygen atoms in total. The van der Waals surface area contributed by atoms with Gasteiger partial charge < -0.3 is 15.0 Å². The lowest BCUT2D eigenvalue weighted by Gasteiger charge is -2.51. The number of hydrogen-bond donors (Lipinski definition) is 1. The number of nitrogens with zero attached hydrogens (tertiary/aromatic N) is 2. The molecule has 0 saturated carbocycles. The highest BCUT2D eigenvalue weighted by molar-refractivity contribution is 6.00. The average molecular weight is 488 g/mol. The molecule has 0 unspecified atom stereocenters. The molecule has 2 aromatic rings. The van der Waals surface area contributed by atoms with Crippen molar-refractivity contribution in [1.82, 2.24) is 15.1 Å². The number of carbonyl (C=O) groups is 2. The summed E-state index contributed by atoms with van der Waals surface area (Å²) in [5, 5.41) is 3.07. The van der Waals surface area contributed by atoms with E-state index >= 15 is 0 Å². The number of benzene rings is 2. The summed E-state index contributed by atoms with van der Waals surface area (Å²) in [7, 11) is 0. The fraction of sp³-hybridized carbons (Fsp3) is 0.467. The number of carbonyl (C=O) groups excluding carboxylic acids is 2. The molecule has 2 aromatic carbocycles. The summed E-state index contributed by atoms with van der Waals surface area (Å²) in [5.41, 5.74) is 0.305. The van der Waals surface area contributed by atoms with Gasteiger partial charge in [-0.05, 0) is 61.4 Å². The van der Waals surface area contributed by atoms with Crippen molar-refractivity contribution in [2.45, 2.75) is 65.1 Å². The van der Waals surface area contributed by atoms with Gasteiger partial charge in [0, 0.05) is 19.6 Å². The Morgan fingerprint density at radius 3 is 2.25 bits per heavy atom. The second-order valence-corrected chi connectivity index (χ2v) is 11.0. The molecule has 36 heavy (non-hydrogen) atoms. The molecule has 2 heterocycles. The van der Waals surface area contributed by atoms with Crippen molar-refractivity contribution in [1.29, 1.82) is 0 Å². The normalized spacial score (nSPS) is 20.0. The summed E-state index contributed by atoms with van der Waals surface area (Å²) in [6.07, 6.45) is 1.82. The van der Waals surface area contributed by atoms with Gasteiger partial charge in [-0.2, -0.15) is 0 Å². The van der Waals surface area contributed by atoms with Crippen LogP contribution in [0.25, 0.3) is 0 Å². The number of rotatable bonds is 6. The molecule has 4 rings (SSSR count). The van der Waals surface area contributed by atoms with E-state index in [9.17, 15) is 9.59 Å². The Bertz CT molecular complexity index is 1120. The predicted octanol–water partition coefficient (Wildman–Crippen LogP) is 4.60. The third kappa shape index (κ3) is 5.91. The molecular formula is C30H37N3O3. The van der Waals surface area contributed by atoms with Crippen LogP contribution in [0.4, 0.5) is 0 Å². The van der Waals surface area contributed by atoms with Crippen LogP contribution in [-0.4, -0.2) is 52.8 Å². The Balaban J connectivity index is 1.40. The van der Waals surface area contributed by atoms with Crippen LogP contribution < -0.4 is 10.1 Å². The molecule has 2 amide bonds. The molecule has 0 radical (unpaired) electrons. The lowest BCUT2D eigenvalue weighted by molar-refractivity contribution is -0.161. The second-order valence-electron chi connectivity index (χ2n) is 11.0. The number of nitrogens with one attached hydrogen (secondary N) is 1. The van der Waals surface area contributed by atoms with Gasteiger partial charge in [0.05, 0.1) is 6.54 Å². The first-order valence-electron chi connectivity index (χ1n) is 12.8. The fourth-order valence-corrected chi connectivity index (χ4v) is 5.14. The van der Waals surface area contributed by atoms with Crippen LogP contribution in [0.5, 0.6) is 11.5 Å². The van der Waals surface area contributed by atoms with Crippen molar-refractivity contribution in [3.05, 3.63) is 60.2 Å². The molecule has 2 aliphatic heterocycles. The van der Waals surface area contributed by atoms with Crippen LogP contribution in [0.2, 0.25) is 0 Å². The van der Waals surface area contributed by atoms with Gasteiger partial charge in [-0.3, -0.25) is 14.5 Å². The summed E-state index contributed by atoms with van der Waals surface area (Å²) in [4.78, 5) is 31.1. The van der Waals surface area contributed by atoms with E-state index in [2.05, 4.69) is 55.0 Å². The maximum absolute atomic E-state index is 13.5. The second kappa shape index (κ2) is 10.8. The fourth-order valence-electron chi connectivity index (χ4n) is 5.14. The topological polar surface area (TPSA) is 61.9 Å². The van der Waals surface area contributed by atoms with E-state index < -0.39 is 11.6 Å². The monoisotopic (exact) mass is 487 g/mol. The minimum atomic E-state index is -0.820. The molecule has 2 fully saturated rings. The van der Waals surface area contributed by atoms with Crippen molar-refractivity contribution in [2.24, 2.45) is 5.41 Å². The summed E-state index contributed by atoms with van der Waals surface area (Å²) >= 11 is 0. The number of piperazine rings is 1. The first kappa shape index (κ1) is 25.8. The maximum Gasteiger partial charge on any atom is 0.246 e.